The molecule has 96 valence electrons. The number of H-pyrrole nitrogens is 1. The van der Waals surface area contributed by atoms with Crippen molar-refractivity contribution in [3.8, 4) is 0 Å². The van der Waals surface area contributed by atoms with Gasteiger partial charge in [-0.2, -0.15) is 13.2 Å². The Labute approximate surface area is 98.6 Å². The van der Waals surface area contributed by atoms with Crippen molar-refractivity contribution in [3.05, 3.63) is 24.2 Å². The lowest BCUT2D eigenvalue weighted by Gasteiger charge is -2.06. The number of hydrogen-bond acceptors (Lipinski definition) is 3. The van der Waals surface area contributed by atoms with Crippen LogP contribution in [0.15, 0.2) is 18.5 Å². The highest BCUT2D eigenvalue weighted by atomic mass is 19.4. The molecule has 0 atom stereocenters. The summed E-state index contributed by atoms with van der Waals surface area (Å²) in [5, 5.41) is 10.8. The van der Waals surface area contributed by atoms with Crippen molar-refractivity contribution in [2.24, 2.45) is 0 Å². The molecule has 2 aromatic heterocycles. The van der Waals surface area contributed by atoms with E-state index in [-0.39, 0.29) is 23.1 Å². The monoisotopic (exact) mass is 259 g/mol. The number of hydrogen-bond donors (Lipinski definition) is 3. The van der Waals surface area contributed by atoms with Crippen LogP contribution >= 0.6 is 0 Å². The average molecular weight is 259 g/mol. The number of pyridine rings is 1. The van der Waals surface area contributed by atoms with E-state index < -0.39 is 17.8 Å². The lowest BCUT2D eigenvalue weighted by molar-refractivity contribution is -0.139. The standard InChI is InChI=1S/C10H8F3N3O2/c11-10(12,13)9-6-1-5(14-4-8(17)18)2-15-7(6)3-16-9/h1-3,14,16H,4H2,(H,17,18). The first-order chi connectivity index (χ1) is 8.38. The van der Waals surface area contributed by atoms with E-state index in [1.54, 1.807) is 0 Å². The average Bonchev–Trinajstić information content (AvgIpc) is 2.68. The normalized spacial score (nSPS) is 11.7. The molecule has 0 saturated heterocycles. The van der Waals surface area contributed by atoms with Gasteiger partial charge in [-0.3, -0.25) is 9.78 Å². The van der Waals surface area contributed by atoms with Gasteiger partial charge in [-0.05, 0) is 6.07 Å². The molecule has 3 N–H and O–H groups in total. The van der Waals surface area contributed by atoms with Crippen LogP contribution in [0.25, 0.3) is 10.9 Å². The summed E-state index contributed by atoms with van der Waals surface area (Å²) in [4.78, 5) is 16.3. The Morgan fingerprint density at radius 2 is 2.22 bits per heavy atom. The Hall–Kier alpha value is -2.25. The Bertz CT molecular complexity index is 592. The number of nitrogens with zero attached hydrogens (tertiary/aromatic N) is 1. The van der Waals surface area contributed by atoms with Gasteiger partial charge in [0.1, 0.15) is 12.2 Å². The van der Waals surface area contributed by atoms with Crippen LogP contribution in [0.4, 0.5) is 18.9 Å². The summed E-state index contributed by atoms with van der Waals surface area (Å²) < 4.78 is 37.9. The number of aliphatic carboxylic acids is 1. The van der Waals surface area contributed by atoms with Crippen LogP contribution in [0.2, 0.25) is 0 Å². The summed E-state index contributed by atoms with van der Waals surface area (Å²) in [5.41, 5.74) is -0.512. The third-order valence-corrected chi connectivity index (χ3v) is 2.27. The predicted octanol–water partition coefficient (Wildman–Crippen LogP) is 2.08. The summed E-state index contributed by atoms with van der Waals surface area (Å²) >= 11 is 0. The van der Waals surface area contributed by atoms with Gasteiger partial charge < -0.3 is 15.4 Å². The molecule has 8 heteroatoms. The molecule has 0 aliphatic rings. The lowest BCUT2D eigenvalue weighted by Crippen LogP contribution is -2.12. The van der Waals surface area contributed by atoms with Crippen molar-refractivity contribution in [2.45, 2.75) is 6.18 Å². The van der Waals surface area contributed by atoms with Gasteiger partial charge in [-0.1, -0.05) is 0 Å². The predicted molar refractivity (Wildman–Crippen MR) is 57.2 cm³/mol. The van der Waals surface area contributed by atoms with Crippen molar-refractivity contribution in [3.63, 3.8) is 0 Å². The number of nitrogens with one attached hydrogen (secondary N) is 2. The Kier molecular flexibility index (Phi) is 2.85. The van der Waals surface area contributed by atoms with E-state index in [4.69, 9.17) is 5.11 Å². The quantitative estimate of drug-likeness (QED) is 0.788. The largest absolute Gasteiger partial charge is 0.480 e. The Morgan fingerprint density at radius 1 is 1.50 bits per heavy atom. The fraction of sp³-hybridized carbons (Fsp3) is 0.200. The highest BCUT2D eigenvalue weighted by Crippen LogP contribution is 2.34. The summed E-state index contributed by atoms with van der Waals surface area (Å²) in [6.45, 7) is -0.390. The Balaban J connectivity index is 2.39. The molecule has 0 bridgehead atoms. The van der Waals surface area contributed by atoms with Gasteiger partial charge in [-0.15, -0.1) is 0 Å². The molecule has 2 rings (SSSR count). The number of halogens is 3. The number of carboxylic acid groups (broad SMARTS) is 1. The summed E-state index contributed by atoms with van der Waals surface area (Å²) in [5.74, 6) is -1.11. The molecule has 0 spiro atoms. The second-order valence-corrected chi connectivity index (χ2v) is 3.57. The minimum Gasteiger partial charge on any atom is -0.480 e. The molecule has 5 nitrogen and oxygen atoms in total. The lowest BCUT2D eigenvalue weighted by atomic mass is 10.2. The van der Waals surface area contributed by atoms with E-state index in [1.807, 2.05) is 0 Å². The molecule has 2 aromatic rings. The van der Waals surface area contributed by atoms with Gasteiger partial charge >= 0.3 is 12.1 Å². The van der Waals surface area contributed by atoms with Crippen LogP contribution in [0.1, 0.15) is 5.69 Å². The molecule has 0 amide bonds. The smallest absolute Gasteiger partial charge is 0.431 e. The van der Waals surface area contributed by atoms with Crippen molar-refractivity contribution in [1.29, 1.82) is 0 Å². The van der Waals surface area contributed by atoms with Gasteiger partial charge in [0.05, 0.1) is 17.4 Å². The number of alkyl halides is 3. The number of carboxylic acids is 1. The maximum absolute atomic E-state index is 12.6. The van der Waals surface area contributed by atoms with Crippen molar-refractivity contribution in [1.82, 2.24) is 9.97 Å². The number of rotatable bonds is 3. The van der Waals surface area contributed by atoms with Crippen molar-refractivity contribution in [2.75, 3.05) is 11.9 Å². The summed E-state index contributed by atoms with van der Waals surface area (Å²) in [6.07, 6.45) is -2.08. The van der Waals surface area contributed by atoms with Crippen LogP contribution in [0.3, 0.4) is 0 Å². The van der Waals surface area contributed by atoms with Gasteiger partial charge in [0, 0.05) is 11.6 Å². The maximum Gasteiger partial charge on any atom is 0.431 e. The molecule has 0 fully saturated rings. The molecule has 0 radical (unpaired) electrons. The molecular formula is C10H8F3N3O2. The zero-order valence-corrected chi connectivity index (χ0v) is 8.88. The number of carbonyl (C=O) groups is 1. The first kappa shape index (κ1) is 12.2. The van der Waals surface area contributed by atoms with Crippen molar-refractivity contribution < 1.29 is 23.1 Å². The molecular weight excluding hydrogens is 251 g/mol. The maximum atomic E-state index is 12.6. The number of fused-ring (bicyclic) bond motifs is 1. The van der Waals surface area contributed by atoms with E-state index in [0.29, 0.717) is 0 Å². The fourth-order valence-electron chi connectivity index (χ4n) is 1.52. The highest BCUT2D eigenvalue weighted by Gasteiger charge is 2.34. The summed E-state index contributed by atoms with van der Waals surface area (Å²) in [6, 6.07) is 1.21. The van der Waals surface area contributed by atoms with Crippen LogP contribution in [0.5, 0.6) is 0 Å². The van der Waals surface area contributed by atoms with Crippen LogP contribution < -0.4 is 5.32 Å². The van der Waals surface area contributed by atoms with Gasteiger partial charge in [0.2, 0.25) is 0 Å². The van der Waals surface area contributed by atoms with E-state index >= 15 is 0 Å². The summed E-state index contributed by atoms with van der Waals surface area (Å²) in [7, 11) is 0. The first-order valence-electron chi connectivity index (χ1n) is 4.88. The molecule has 18 heavy (non-hydrogen) atoms. The fourth-order valence-corrected chi connectivity index (χ4v) is 1.52. The zero-order valence-electron chi connectivity index (χ0n) is 8.88. The second kappa shape index (κ2) is 4.21. The van der Waals surface area contributed by atoms with E-state index in [2.05, 4.69) is 15.3 Å². The Morgan fingerprint density at radius 3 is 2.83 bits per heavy atom. The molecule has 0 saturated carbocycles. The van der Waals surface area contributed by atoms with Gasteiger partial charge in [0.15, 0.2) is 0 Å². The number of aromatic amines is 1. The van der Waals surface area contributed by atoms with Gasteiger partial charge in [0.25, 0.3) is 0 Å². The third-order valence-electron chi connectivity index (χ3n) is 2.27. The molecule has 0 aliphatic heterocycles. The second-order valence-electron chi connectivity index (χ2n) is 3.57. The molecule has 2 heterocycles. The molecule has 0 aliphatic carbocycles. The van der Waals surface area contributed by atoms with Crippen LogP contribution in [-0.4, -0.2) is 27.6 Å². The van der Waals surface area contributed by atoms with Crippen LogP contribution in [0, 0.1) is 0 Å². The number of aromatic nitrogens is 2. The van der Waals surface area contributed by atoms with Crippen LogP contribution in [-0.2, 0) is 11.0 Å². The molecule has 0 unspecified atom stereocenters. The van der Waals surface area contributed by atoms with E-state index in [0.717, 1.165) is 6.20 Å². The first-order valence-corrected chi connectivity index (χ1v) is 4.88. The van der Waals surface area contributed by atoms with E-state index in [9.17, 15) is 18.0 Å². The molecule has 0 aromatic carbocycles. The zero-order chi connectivity index (χ0) is 13.3. The minimum absolute atomic E-state index is 0.0992. The van der Waals surface area contributed by atoms with Gasteiger partial charge in [-0.25, -0.2) is 0 Å². The highest BCUT2D eigenvalue weighted by molar-refractivity contribution is 5.85. The topological polar surface area (TPSA) is 78.0 Å². The van der Waals surface area contributed by atoms with Crippen molar-refractivity contribution >= 4 is 22.6 Å². The minimum atomic E-state index is -4.51. The SMILES string of the molecule is O=C(O)CNc1cnc2c[nH]c(C(F)(F)F)c2c1. The third kappa shape index (κ3) is 2.36. The van der Waals surface area contributed by atoms with E-state index in [1.165, 1.54) is 12.3 Å². The number of anilines is 1.